The highest BCUT2D eigenvalue weighted by atomic mass is 16.7. The van der Waals surface area contributed by atoms with Gasteiger partial charge < -0.3 is 23.5 Å². The van der Waals surface area contributed by atoms with Gasteiger partial charge in [-0.2, -0.15) is 0 Å². The van der Waals surface area contributed by atoms with Crippen molar-refractivity contribution in [3.8, 4) is 0 Å². The summed E-state index contributed by atoms with van der Waals surface area (Å²) in [5.74, 6) is -1.28. The number of carbonyl (C=O) groups excluding carboxylic acids is 2. The molecule has 2 aliphatic heterocycles. The summed E-state index contributed by atoms with van der Waals surface area (Å²) in [6, 6.07) is 0. The van der Waals surface area contributed by atoms with Gasteiger partial charge in [-0.3, -0.25) is 0 Å². The summed E-state index contributed by atoms with van der Waals surface area (Å²) in [6.45, 7) is 13.0. The van der Waals surface area contributed by atoms with Crippen molar-refractivity contribution in [2.24, 2.45) is 36.6 Å². The van der Waals surface area contributed by atoms with Crippen LogP contribution in [0.1, 0.15) is 66.5 Å². The van der Waals surface area contributed by atoms with Crippen molar-refractivity contribution in [1.29, 1.82) is 0 Å². The van der Waals surface area contributed by atoms with Gasteiger partial charge >= 0.3 is 11.9 Å². The number of hydrogen-bond acceptors (Lipinski definition) is 7. The quantitative estimate of drug-likeness (QED) is 0.212. The van der Waals surface area contributed by atoms with E-state index in [1.807, 2.05) is 36.9 Å². The van der Waals surface area contributed by atoms with Gasteiger partial charge in [-0.25, -0.2) is 14.6 Å². The van der Waals surface area contributed by atoms with Crippen LogP contribution in [-0.4, -0.2) is 52.7 Å². The average molecular weight is 567 g/mol. The zero-order valence-electron chi connectivity index (χ0n) is 25.8. The topological polar surface area (TPSA) is 88.9 Å². The summed E-state index contributed by atoms with van der Waals surface area (Å²) >= 11 is 0. The van der Waals surface area contributed by atoms with E-state index in [0.717, 1.165) is 12.8 Å². The first-order valence-electron chi connectivity index (χ1n) is 14.8. The fraction of sp³-hybridized carbons (Fsp3) is 0.606. The Morgan fingerprint density at radius 2 is 2.00 bits per heavy atom. The number of methoxy groups -OCH3 is 1. The number of aryl methyl sites for hydroxylation is 1. The van der Waals surface area contributed by atoms with E-state index in [2.05, 4.69) is 45.7 Å². The predicted molar refractivity (Wildman–Crippen MR) is 157 cm³/mol. The van der Waals surface area contributed by atoms with Crippen molar-refractivity contribution in [2.45, 2.75) is 78.3 Å². The number of nitrogens with zero attached hydrogens (tertiary/aromatic N) is 2. The van der Waals surface area contributed by atoms with Crippen LogP contribution in [0.3, 0.4) is 0 Å². The van der Waals surface area contributed by atoms with Crippen LogP contribution in [-0.2, 0) is 35.6 Å². The lowest BCUT2D eigenvalue weighted by Crippen LogP contribution is -2.48. The van der Waals surface area contributed by atoms with E-state index in [9.17, 15) is 9.59 Å². The Balaban J connectivity index is 1.74. The third kappa shape index (κ3) is 6.75. The summed E-state index contributed by atoms with van der Waals surface area (Å²) in [6.07, 6.45) is 16.1. The maximum atomic E-state index is 13.7. The molecular weight excluding hydrogens is 520 g/mol. The van der Waals surface area contributed by atoms with Crippen LogP contribution in [0.15, 0.2) is 54.1 Å². The maximum Gasteiger partial charge on any atom is 0.339 e. The zero-order valence-corrected chi connectivity index (χ0v) is 25.8. The van der Waals surface area contributed by atoms with Gasteiger partial charge in [-0.15, -0.1) is 0 Å². The van der Waals surface area contributed by atoms with Crippen molar-refractivity contribution in [3.63, 3.8) is 0 Å². The van der Waals surface area contributed by atoms with Crippen LogP contribution in [0.2, 0.25) is 0 Å². The number of fused-ring (bicyclic) bond motifs is 3. The Hall–Kier alpha value is -2.97. The van der Waals surface area contributed by atoms with Gasteiger partial charge in [0.05, 0.1) is 24.2 Å². The van der Waals surface area contributed by atoms with E-state index in [1.54, 1.807) is 18.5 Å². The molecule has 1 aliphatic carbocycles. The molecule has 8 heteroatoms. The Labute approximate surface area is 244 Å². The maximum absolute atomic E-state index is 13.7. The Morgan fingerprint density at radius 1 is 1.24 bits per heavy atom. The van der Waals surface area contributed by atoms with Gasteiger partial charge in [0.2, 0.25) is 5.79 Å². The number of esters is 2. The molecule has 0 N–H and O–H groups in total. The smallest absolute Gasteiger partial charge is 0.339 e. The van der Waals surface area contributed by atoms with E-state index in [1.165, 1.54) is 18.8 Å². The lowest BCUT2D eigenvalue weighted by molar-refractivity contribution is -0.227. The number of allylic oxidation sites excluding steroid dienone is 3. The van der Waals surface area contributed by atoms with Crippen LogP contribution in [0.5, 0.6) is 0 Å². The van der Waals surface area contributed by atoms with Gasteiger partial charge in [0.25, 0.3) is 0 Å². The molecule has 1 aromatic rings. The average Bonchev–Trinajstić information content (AvgIpc) is 3.50. The van der Waals surface area contributed by atoms with Crippen LogP contribution in [0, 0.1) is 29.6 Å². The summed E-state index contributed by atoms with van der Waals surface area (Å²) in [5, 5.41) is 0. The molecule has 0 amide bonds. The molecule has 41 heavy (non-hydrogen) atoms. The predicted octanol–water partition coefficient (Wildman–Crippen LogP) is 5.81. The van der Waals surface area contributed by atoms with Crippen LogP contribution < -0.4 is 0 Å². The molecule has 1 aromatic heterocycles. The molecule has 3 heterocycles. The minimum atomic E-state index is -1.45. The van der Waals surface area contributed by atoms with E-state index >= 15 is 0 Å². The fourth-order valence-electron chi connectivity index (χ4n) is 6.20. The van der Waals surface area contributed by atoms with Gasteiger partial charge in [0.15, 0.2) is 0 Å². The minimum Gasteiger partial charge on any atom is -0.462 e. The van der Waals surface area contributed by atoms with Gasteiger partial charge in [-0.1, -0.05) is 45.4 Å². The molecule has 0 saturated heterocycles. The number of aromatic nitrogens is 2. The van der Waals surface area contributed by atoms with Crippen molar-refractivity contribution in [1.82, 2.24) is 9.55 Å². The molecule has 0 radical (unpaired) electrons. The molecule has 3 aliphatic rings. The van der Waals surface area contributed by atoms with Gasteiger partial charge in [0, 0.05) is 26.4 Å². The van der Waals surface area contributed by atoms with Crippen molar-refractivity contribution in [3.05, 3.63) is 59.7 Å². The van der Waals surface area contributed by atoms with Crippen molar-refractivity contribution < 1.29 is 28.5 Å². The number of carbonyl (C=O) groups is 2. The summed E-state index contributed by atoms with van der Waals surface area (Å²) in [4.78, 5) is 31.1. The highest BCUT2D eigenvalue weighted by Crippen LogP contribution is 2.49. The Kier molecular flexibility index (Phi) is 9.44. The highest BCUT2D eigenvalue weighted by molar-refractivity contribution is 5.91. The molecule has 0 spiro atoms. The number of ether oxygens (including phenoxy) is 4. The first-order chi connectivity index (χ1) is 19.4. The molecule has 0 aromatic carbocycles. The number of imidazole rings is 1. The normalized spacial score (nSPS) is 32.6. The Bertz CT molecular complexity index is 1240. The highest BCUT2D eigenvalue weighted by Gasteiger charge is 2.55. The second-order valence-electron chi connectivity index (χ2n) is 12.6. The SMILES string of the molecule is CO[C@]12C=C[C@](C)(O1)[C@@H](OC(=O)/C=C/c1cn(C)cn1)C[C@H]1C(C)=CC[C@H](C(C)C)[C@H]1/C=C\2C(=O)OCCC(C)C. The molecule has 2 bridgehead atoms. The first kappa shape index (κ1) is 31.0. The summed E-state index contributed by atoms with van der Waals surface area (Å²) < 4.78 is 26.4. The fourth-order valence-corrected chi connectivity index (χ4v) is 6.20. The number of rotatable bonds is 9. The standard InChI is InChI=1S/C33H46N2O6/c1-21(2)13-16-39-31(37)28-17-27-25(22(3)4)11-9-23(5)26(27)18-29(32(6)14-15-33(28,38-8)41-32)40-30(36)12-10-24-19-35(7)20-34-24/h9-10,12,14-15,17,19-22,25-27,29H,11,13,16,18H2,1-8H3/b12-10+,28-17-/t25-,26+,27-,29+,32+,33-/m1/s1. The van der Waals surface area contributed by atoms with Crippen LogP contribution in [0.4, 0.5) is 0 Å². The molecule has 0 fully saturated rings. The van der Waals surface area contributed by atoms with Crippen LogP contribution >= 0.6 is 0 Å². The molecular formula is C33H46N2O6. The Morgan fingerprint density at radius 3 is 2.63 bits per heavy atom. The van der Waals surface area contributed by atoms with Crippen molar-refractivity contribution in [2.75, 3.05) is 13.7 Å². The van der Waals surface area contributed by atoms with Gasteiger partial charge in [0.1, 0.15) is 11.7 Å². The summed E-state index contributed by atoms with van der Waals surface area (Å²) in [5.41, 5.74) is 1.19. The van der Waals surface area contributed by atoms with E-state index in [0.29, 0.717) is 36.1 Å². The zero-order chi connectivity index (χ0) is 29.9. The van der Waals surface area contributed by atoms with E-state index in [-0.39, 0.29) is 17.8 Å². The third-order valence-corrected chi connectivity index (χ3v) is 8.78. The molecule has 4 rings (SSSR count). The number of hydrogen-bond donors (Lipinski definition) is 0. The molecule has 0 saturated carbocycles. The van der Waals surface area contributed by atoms with Crippen LogP contribution in [0.25, 0.3) is 6.08 Å². The van der Waals surface area contributed by atoms with E-state index in [4.69, 9.17) is 18.9 Å². The lowest BCUT2D eigenvalue weighted by atomic mass is 9.65. The molecule has 8 nitrogen and oxygen atoms in total. The first-order valence-corrected chi connectivity index (χ1v) is 14.8. The third-order valence-electron chi connectivity index (χ3n) is 8.78. The monoisotopic (exact) mass is 566 g/mol. The largest absolute Gasteiger partial charge is 0.462 e. The van der Waals surface area contributed by atoms with Gasteiger partial charge in [-0.05, 0) is 80.9 Å². The molecule has 0 unspecified atom stereocenters. The minimum absolute atomic E-state index is 0.00452. The summed E-state index contributed by atoms with van der Waals surface area (Å²) in [7, 11) is 3.40. The van der Waals surface area contributed by atoms with E-state index < -0.39 is 29.4 Å². The van der Waals surface area contributed by atoms with Crippen molar-refractivity contribution >= 4 is 18.0 Å². The molecule has 6 atom stereocenters. The lowest BCUT2D eigenvalue weighted by Gasteiger charge is -2.41. The second kappa shape index (κ2) is 12.5. The molecule has 224 valence electrons. The second-order valence-corrected chi connectivity index (χ2v) is 12.6.